The maximum absolute atomic E-state index is 13.2. The molecule has 4 heteroatoms. The fourth-order valence-corrected chi connectivity index (χ4v) is 6.31. The number of nitrogens with zero attached hydrogens (tertiary/aromatic N) is 1. The molecular formula is C25H28N2O2. The first kappa shape index (κ1) is 18.4. The molecule has 0 heterocycles. The number of anilines is 2. The number of carbonyl (C=O) groups excluding carboxylic acids is 2. The molecule has 2 amide bonds. The van der Waals surface area contributed by atoms with Gasteiger partial charge in [0.25, 0.3) is 5.91 Å². The van der Waals surface area contributed by atoms with Crippen molar-refractivity contribution in [3.05, 3.63) is 60.2 Å². The van der Waals surface area contributed by atoms with Crippen molar-refractivity contribution >= 4 is 23.2 Å². The van der Waals surface area contributed by atoms with E-state index in [1.54, 1.807) is 24.1 Å². The average Bonchev–Trinajstić information content (AvgIpc) is 2.73. The van der Waals surface area contributed by atoms with Crippen LogP contribution in [0.1, 0.15) is 48.9 Å². The summed E-state index contributed by atoms with van der Waals surface area (Å²) in [6, 6.07) is 16.9. The van der Waals surface area contributed by atoms with E-state index >= 15 is 0 Å². The molecule has 2 aromatic carbocycles. The molecule has 4 fully saturated rings. The van der Waals surface area contributed by atoms with Gasteiger partial charge in [-0.2, -0.15) is 0 Å². The Hall–Kier alpha value is -2.62. The maximum atomic E-state index is 13.2. The van der Waals surface area contributed by atoms with Crippen LogP contribution in [0.15, 0.2) is 54.6 Å². The zero-order chi connectivity index (χ0) is 20.0. The van der Waals surface area contributed by atoms with Gasteiger partial charge in [0.15, 0.2) is 0 Å². The van der Waals surface area contributed by atoms with Crippen molar-refractivity contribution in [2.75, 3.05) is 17.3 Å². The maximum Gasteiger partial charge on any atom is 0.258 e. The van der Waals surface area contributed by atoms with E-state index < -0.39 is 0 Å². The van der Waals surface area contributed by atoms with Crippen LogP contribution in [0.4, 0.5) is 11.4 Å². The molecule has 4 aliphatic carbocycles. The summed E-state index contributed by atoms with van der Waals surface area (Å²) in [4.78, 5) is 27.6. The highest BCUT2D eigenvalue weighted by Gasteiger charge is 2.54. The van der Waals surface area contributed by atoms with Gasteiger partial charge in [-0.15, -0.1) is 0 Å². The van der Waals surface area contributed by atoms with E-state index in [0.717, 1.165) is 48.4 Å². The quantitative estimate of drug-likeness (QED) is 0.790. The summed E-state index contributed by atoms with van der Waals surface area (Å²) >= 11 is 0. The van der Waals surface area contributed by atoms with E-state index in [9.17, 15) is 9.59 Å². The first-order valence-corrected chi connectivity index (χ1v) is 10.8. The molecule has 4 saturated carbocycles. The van der Waals surface area contributed by atoms with E-state index in [2.05, 4.69) is 5.32 Å². The fourth-order valence-electron chi connectivity index (χ4n) is 6.31. The van der Waals surface area contributed by atoms with Gasteiger partial charge in [0, 0.05) is 24.0 Å². The van der Waals surface area contributed by atoms with E-state index in [0.29, 0.717) is 5.56 Å². The van der Waals surface area contributed by atoms with E-state index in [1.165, 1.54) is 19.3 Å². The Morgan fingerprint density at radius 3 is 1.97 bits per heavy atom. The van der Waals surface area contributed by atoms with E-state index in [-0.39, 0.29) is 17.2 Å². The molecule has 6 rings (SSSR count). The molecule has 29 heavy (non-hydrogen) atoms. The number of hydrogen-bond donors (Lipinski definition) is 1. The minimum atomic E-state index is -0.156. The summed E-state index contributed by atoms with van der Waals surface area (Å²) in [5.41, 5.74) is 2.10. The number of benzene rings is 2. The monoisotopic (exact) mass is 388 g/mol. The lowest BCUT2D eigenvalue weighted by Crippen LogP contribution is -2.51. The predicted molar refractivity (Wildman–Crippen MR) is 115 cm³/mol. The van der Waals surface area contributed by atoms with E-state index in [4.69, 9.17) is 0 Å². The summed E-state index contributed by atoms with van der Waals surface area (Å²) < 4.78 is 0. The summed E-state index contributed by atoms with van der Waals surface area (Å²) in [6.45, 7) is 0. The molecule has 1 N–H and O–H groups in total. The highest BCUT2D eigenvalue weighted by Crippen LogP contribution is 2.60. The van der Waals surface area contributed by atoms with Crippen molar-refractivity contribution in [1.29, 1.82) is 0 Å². The van der Waals surface area contributed by atoms with Crippen LogP contribution in [0.3, 0.4) is 0 Å². The van der Waals surface area contributed by atoms with Gasteiger partial charge in [0.1, 0.15) is 0 Å². The molecule has 4 bridgehead atoms. The SMILES string of the molecule is CN(C(=O)c1ccc(NC(=O)C23CC4CC(CC(C4)C2)C3)cc1)c1ccccc1. The van der Waals surface area contributed by atoms with Crippen LogP contribution in [0.5, 0.6) is 0 Å². The summed E-state index contributed by atoms with van der Waals surface area (Å²) in [7, 11) is 1.78. The molecule has 0 unspecified atom stereocenters. The fraction of sp³-hybridized carbons (Fsp3) is 0.440. The van der Waals surface area contributed by atoms with Gasteiger partial charge >= 0.3 is 0 Å². The number of rotatable bonds is 4. The van der Waals surface area contributed by atoms with E-state index in [1.807, 2.05) is 42.5 Å². The standard InChI is InChI=1S/C25H28N2O2/c1-27(22-5-3-2-4-6-22)23(28)20-7-9-21(10-8-20)26-24(29)25-14-17-11-18(15-25)13-19(12-17)16-25/h2-10,17-19H,11-16H2,1H3,(H,26,29). The molecule has 0 aliphatic heterocycles. The van der Waals surface area contributed by atoms with Gasteiger partial charge in [-0.1, -0.05) is 18.2 Å². The molecule has 0 radical (unpaired) electrons. The van der Waals surface area contributed by atoms with Crippen LogP contribution in [0, 0.1) is 23.2 Å². The Labute approximate surface area is 172 Å². The summed E-state index contributed by atoms with van der Waals surface area (Å²) in [5.74, 6) is 2.38. The third kappa shape index (κ3) is 3.35. The normalized spacial score (nSPS) is 29.5. The van der Waals surface area contributed by atoms with Crippen molar-refractivity contribution in [2.24, 2.45) is 23.2 Å². The third-order valence-electron chi connectivity index (χ3n) is 7.36. The van der Waals surface area contributed by atoms with Gasteiger partial charge in [-0.3, -0.25) is 9.59 Å². The second kappa shape index (κ2) is 7.01. The van der Waals surface area contributed by atoms with Crippen LogP contribution in [-0.2, 0) is 4.79 Å². The topological polar surface area (TPSA) is 49.4 Å². The Morgan fingerprint density at radius 1 is 0.862 bits per heavy atom. The molecule has 4 nitrogen and oxygen atoms in total. The molecule has 0 aromatic heterocycles. The Bertz CT molecular complexity index is 884. The second-order valence-corrected chi connectivity index (χ2v) is 9.43. The van der Waals surface area contributed by atoms with Gasteiger partial charge < -0.3 is 10.2 Å². The molecule has 2 aromatic rings. The minimum Gasteiger partial charge on any atom is -0.326 e. The molecular weight excluding hydrogens is 360 g/mol. The molecule has 0 atom stereocenters. The molecule has 4 aliphatic rings. The Morgan fingerprint density at radius 2 is 1.41 bits per heavy atom. The highest BCUT2D eigenvalue weighted by molar-refractivity contribution is 6.06. The summed E-state index contributed by atoms with van der Waals surface area (Å²) in [5, 5.41) is 3.16. The predicted octanol–water partition coefficient (Wildman–Crippen LogP) is 5.12. The van der Waals surface area contributed by atoms with Crippen LogP contribution in [0.2, 0.25) is 0 Å². The van der Waals surface area contributed by atoms with Crippen molar-refractivity contribution in [3.8, 4) is 0 Å². The smallest absolute Gasteiger partial charge is 0.258 e. The lowest BCUT2D eigenvalue weighted by Gasteiger charge is -2.55. The minimum absolute atomic E-state index is 0.0600. The van der Waals surface area contributed by atoms with Crippen LogP contribution in [-0.4, -0.2) is 18.9 Å². The first-order chi connectivity index (χ1) is 14.0. The van der Waals surface area contributed by atoms with Crippen LogP contribution in [0.25, 0.3) is 0 Å². The van der Waals surface area contributed by atoms with Crippen LogP contribution < -0.4 is 10.2 Å². The van der Waals surface area contributed by atoms with Gasteiger partial charge in [0.2, 0.25) is 5.91 Å². The zero-order valence-corrected chi connectivity index (χ0v) is 16.9. The van der Waals surface area contributed by atoms with Gasteiger partial charge in [-0.25, -0.2) is 0 Å². The largest absolute Gasteiger partial charge is 0.326 e. The number of para-hydroxylation sites is 1. The third-order valence-corrected chi connectivity index (χ3v) is 7.36. The Balaban J connectivity index is 1.27. The number of carbonyl (C=O) groups is 2. The lowest BCUT2D eigenvalue weighted by atomic mass is 9.49. The number of amides is 2. The van der Waals surface area contributed by atoms with Gasteiger partial charge in [0.05, 0.1) is 5.41 Å². The average molecular weight is 389 g/mol. The first-order valence-electron chi connectivity index (χ1n) is 10.8. The summed E-state index contributed by atoms with van der Waals surface area (Å²) in [6.07, 6.45) is 7.17. The highest BCUT2D eigenvalue weighted by atomic mass is 16.2. The Kier molecular flexibility index (Phi) is 4.45. The van der Waals surface area contributed by atoms with Crippen molar-refractivity contribution in [1.82, 2.24) is 0 Å². The van der Waals surface area contributed by atoms with Crippen molar-refractivity contribution < 1.29 is 9.59 Å². The van der Waals surface area contributed by atoms with Crippen molar-refractivity contribution in [3.63, 3.8) is 0 Å². The van der Waals surface area contributed by atoms with Crippen LogP contribution >= 0.6 is 0 Å². The lowest BCUT2D eigenvalue weighted by molar-refractivity contribution is -0.140. The number of hydrogen-bond acceptors (Lipinski definition) is 2. The number of nitrogens with one attached hydrogen (secondary N) is 1. The second-order valence-electron chi connectivity index (χ2n) is 9.43. The zero-order valence-electron chi connectivity index (χ0n) is 16.9. The van der Waals surface area contributed by atoms with Crippen molar-refractivity contribution in [2.45, 2.75) is 38.5 Å². The molecule has 0 spiro atoms. The molecule has 150 valence electrons. The van der Waals surface area contributed by atoms with Gasteiger partial charge in [-0.05, 0) is 92.7 Å². The molecule has 0 saturated heterocycles.